The van der Waals surface area contributed by atoms with Crippen molar-refractivity contribution >= 4 is 10.1 Å². The Hall–Kier alpha value is -1.34. The largest absolute Gasteiger partial charge is 0.490 e. The molecule has 0 unspecified atom stereocenters. The standard InChI is InChI=1S/C8H10O6S/c1-12-8-5-13-6(3-7(8)9)4-14-15(2,10)11/h3,5H,4H2,1-2H3. The van der Waals surface area contributed by atoms with E-state index in [9.17, 15) is 13.2 Å². The van der Waals surface area contributed by atoms with Crippen LogP contribution in [0.5, 0.6) is 5.75 Å². The van der Waals surface area contributed by atoms with Gasteiger partial charge in [0.05, 0.1) is 13.4 Å². The zero-order valence-electron chi connectivity index (χ0n) is 8.22. The highest BCUT2D eigenvalue weighted by Gasteiger charge is 2.07. The molecule has 1 aromatic heterocycles. The lowest BCUT2D eigenvalue weighted by Crippen LogP contribution is -2.07. The van der Waals surface area contributed by atoms with Gasteiger partial charge in [-0.25, -0.2) is 0 Å². The quantitative estimate of drug-likeness (QED) is 0.688. The summed E-state index contributed by atoms with van der Waals surface area (Å²) in [5.41, 5.74) is -0.393. The van der Waals surface area contributed by atoms with Gasteiger partial charge in [-0.2, -0.15) is 8.42 Å². The van der Waals surface area contributed by atoms with Crippen molar-refractivity contribution in [2.24, 2.45) is 0 Å². The maximum absolute atomic E-state index is 11.2. The molecule has 0 amide bonds. The first-order valence-corrected chi connectivity index (χ1v) is 5.74. The van der Waals surface area contributed by atoms with E-state index >= 15 is 0 Å². The Morgan fingerprint density at radius 3 is 2.60 bits per heavy atom. The Morgan fingerprint density at radius 1 is 1.47 bits per heavy atom. The summed E-state index contributed by atoms with van der Waals surface area (Å²) in [4.78, 5) is 11.2. The van der Waals surface area contributed by atoms with Gasteiger partial charge < -0.3 is 9.15 Å². The van der Waals surface area contributed by atoms with Crippen LogP contribution in [0.25, 0.3) is 0 Å². The molecule has 0 aromatic carbocycles. The van der Waals surface area contributed by atoms with Gasteiger partial charge in [0.2, 0.25) is 11.2 Å². The van der Waals surface area contributed by atoms with Gasteiger partial charge >= 0.3 is 0 Å². The van der Waals surface area contributed by atoms with Crippen LogP contribution < -0.4 is 10.2 Å². The molecular formula is C8H10O6S. The van der Waals surface area contributed by atoms with Crippen LogP contribution in [0.4, 0.5) is 0 Å². The molecule has 15 heavy (non-hydrogen) atoms. The van der Waals surface area contributed by atoms with Crippen LogP contribution in [0.2, 0.25) is 0 Å². The molecule has 0 fully saturated rings. The highest BCUT2D eigenvalue weighted by atomic mass is 32.2. The predicted octanol–water partition coefficient (Wildman–Crippen LogP) is 0.125. The van der Waals surface area contributed by atoms with E-state index in [0.29, 0.717) is 0 Å². The Labute approximate surface area is 86.6 Å². The summed E-state index contributed by atoms with van der Waals surface area (Å²) in [6, 6.07) is 1.12. The lowest BCUT2D eigenvalue weighted by atomic mass is 10.4. The first-order chi connectivity index (χ1) is 6.92. The molecule has 84 valence electrons. The summed E-state index contributed by atoms with van der Waals surface area (Å²) in [5, 5.41) is 0. The van der Waals surface area contributed by atoms with Crippen molar-refractivity contribution in [1.82, 2.24) is 0 Å². The normalized spacial score (nSPS) is 11.3. The smallest absolute Gasteiger partial charge is 0.264 e. The lowest BCUT2D eigenvalue weighted by Gasteiger charge is -2.01. The third-order valence-electron chi connectivity index (χ3n) is 1.49. The van der Waals surface area contributed by atoms with E-state index in [1.807, 2.05) is 0 Å². The maximum Gasteiger partial charge on any atom is 0.264 e. The molecule has 0 bridgehead atoms. The van der Waals surface area contributed by atoms with Crippen LogP contribution in [0.15, 0.2) is 21.5 Å². The van der Waals surface area contributed by atoms with E-state index in [1.165, 1.54) is 7.11 Å². The van der Waals surface area contributed by atoms with Crippen molar-refractivity contribution in [3.05, 3.63) is 28.3 Å². The molecule has 0 aliphatic heterocycles. The van der Waals surface area contributed by atoms with Gasteiger partial charge in [0, 0.05) is 6.07 Å². The van der Waals surface area contributed by atoms with Crippen LogP contribution in [-0.2, 0) is 20.9 Å². The minimum absolute atomic E-state index is 0.0538. The number of hydrogen-bond donors (Lipinski definition) is 0. The highest BCUT2D eigenvalue weighted by Crippen LogP contribution is 2.06. The number of ether oxygens (including phenoxy) is 1. The van der Waals surface area contributed by atoms with Crippen molar-refractivity contribution in [3.63, 3.8) is 0 Å². The molecule has 1 aromatic rings. The summed E-state index contributed by atoms with van der Waals surface area (Å²) in [7, 11) is -2.21. The average molecular weight is 234 g/mol. The second-order valence-corrected chi connectivity index (χ2v) is 4.39. The van der Waals surface area contributed by atoms with Gasteiger partial charge in [0.15, 0.2) is 0 Å². The van der Waals surface area contributed by atoms with E-state index in [-0.39, 0.29) is 18.1 Å². The second-order valence-electron chi connectivity index (χ2n) is 2.75. The Bertz CT molecular complexity index is 486. The molecule has 7 heteroatoms. The lowest BCUT2D eigenvalue weighted by molar-refractivity contribution is 0.269. The van der Waals surface area contributed by atoms with Gasteiger partial charge in [-0.1, -0.05) is 0 Å². The van der Waals surface area contributed by atoms with E-state index in [1.54, 1.807) is 0 Å². The van der Waals surface area contributed by atoms with Crippen molar-refractivity contribution in [3.8, 4) is 5.75 Å². The van der Waals surface area contributed by atoms with E-state index < -0.39 is 15.5 Å². The Kier molecular flexibility index (Phi) is 3.48. The first kappa shape index (κ1) is 11.7. The number of hydrogen-bond acceptors (Lipinski definition) is 6. The zero-order valence-corrected chi connectivity index (χ0v) is 9.04. The van der Waals surface area contributed by atoms with Crippen LogP contribution in [0.1, 0.15) is 5.76 Å². The minimum atomic E-state index is -3.54. The van der Waals surface area contributed by atoms with E-state index in [4.69, 9.17) is 4.42 Å². The van der Waals surface area contributed by atoms with Crippen LogP contribution >= 0.6 is 0 Å². The first-order valence-electron chi connectivity index (χ1n) is 3.92. The predicted molar refractivity (Wildman–Crippen MR) is 51.2 cm³/mol. The molecule has 0 radical (unpaired) electrons. The third kappa shape index (κ3) is 3.72. The molecule has 6 nitrogen and oxygen atoms in total. The monoisotopic (exact) mass is 234 g/mol. The molecule has 0 atom stereocenters. The third-order valence-corrected chi connectivity index (χ3v) is 2.03. The van der Waals surface area contributed by atoms with Crippen molar-refractivity contribution in [1.29, 1.82) is 0 Å². The molecule has 1 rings (SSSR count). The summed E-state index contributed by atoms with van der Waals surface area (Å²) in [5.74, 6) is 0.171. The number of methoxy groups -OCH3 is 1. The maximum atomic E-state index is 11.2. The Morgan fingerprint density at radius 2 is 2.13 bits per heavy atom. The number of rotatable bonds is 4. The second kappa shape index (κ2) is 4.45. The van der Waals surface area contributed by atoms with Gasteiger partial charge in [0.25, 0.3) is 10.1 Å². The van der Waals surface area contributed by atoms with Crippen LogP contribution in [-0.4, -0.2) is 21.8 Å². The van der Waals surface area contributed by atoms with Crippen LogP contribution in [0, 0.1) is 0 Å². The molecular weight excluding hydrogens is 224 g/mol. The fourth-order valence-corrected chi connectivity index (χ4v) is 1.16. The summed E-state index contributed by atoms with van der Waals surface area (Å²) in [6.07, 6.45) is 2.01. The summed E-state index contributed by atoms with van der Waals surface area (Å²) >= 11 is 0. The van der Waals surface area contributed by atoms with Gasteiger partial charge in [-0.05, 0) is 0 Å². The van der Waals surface area contributed by atoms with Crippen LogP contribution in [0.3, 0.4) is 0 Å². The van der Waals surface area contributed by atoms with E-state index in [2.05, 4.69) is 8.92 Å². The average Bonchev–Trinajstić information content (AvgIpc) is 2.14. The van der Waals surface area contributed by atoms with Crippen molar-refractivity contribution < 1.29 is 21.8 Å². The van der Waals surface area contributed by atoms with Gasteiger partial charge in [-0.15, -0.1) is 0 Å². The molecule has 0 N–H and O–H groups in total. The summed E-state index contributed by atoms with van der Waals surface area (Å²) in [6.45, 7) is -0.307. The van der Waals surface area contributed by atoms with Gasteiger partial charge in [0.1, 0.15) is 18.6 Å². The highest BCUT2D eigenvalue weighted by molar-refractivity contribution is 7.85. The summed E-state index contributed by atoms with van der Waals surface area (Å²) < 4.78 is 35.3. The van der Waals surface area contributed by atoms with Crippen molar-refractivity contribution in [2.75, 3.05) is 13.4 Å². The molecule has 1 heterocycles. The molecule has 0 saturated heterocycles. The molecule has 0 saturated carbocycles. The fourth-order valence-electron chi connectivity index (χ4n) is 0.828. The van der Waals surface area contributed by atoms with Crippen molar-refractivity contribution in [2.45, 2.75) is 6.61 Å². The zero-order chi connectivity index (χ0) is 11.5. The molecule has 0 spiro atoms. The Balaban J connectivity index is 2.81. The molecule has 0 aliphatic rings. The molecule has 0 aliphatic carbocycles. The topological polar surface area (TPSA) is 82.8 Å². The minimum Gasteiger partial charge on any atom is -0.490 e. The fraction of sp³-hybridized carbons (Fsp3) is 0.375. The van der Waals surface area contributed by atoms with Gasteiger partial charge in [-0.3, -0.25) is 8.98 Å². The SMILES string of the molecule is COc1coc(COS(C)(=O)=O)cc1=O. The van der Waals surface area contributed by atoms with E-state index in [0.717, 1.165) is 18.6 Å².